The van der Waals surface area contributed by atoms with Crippen LogP contribution < -0.4 is 4.90 Å². The van der Waals surface area contributed by atoms with Crippen LogP contribution in [0, 0.1) is 13.8 Å². The lowest BCUT2D eigenvalue weighted by Crippen LogP contribution is -2.17. The Hall–Kier alpha value is -2.06. The van der Waals surface area contributed by atoms with Crippen LogP contribution in [-0.4, -0.2) is 0 Å². The number of benzene rings is 3. The van der Waals surface area contributed by atoms with Gasteiger partial charge in [0.15, 0.2) is 0 Å². The maximum atomic E-state index is 3.66. The molecule has 0 aliphatic rings. The van der Waals surface area contributed by atoms with Crippen LogP contribution in [0.1, 0.15) is 63.8 Å². The molecule has 1 nitrogen and oxygen atoms in total. The molecule has 0 aromatic heterocycles. The molecule has 0 aliphatic heterocycles. The fraction of sp³-hybridized carbons (Fsp3) is 0.357. The van der Waals surface area contributed by atoms with Crippen molar-refractivity contribution in [3.63, 3.8) is 0 Å². The van der Waals surface area contributed by atoms with Crippen molar-refractivity contribution in [1.82, 2.24) is 0 Å². The predicted molar refractivity (Wildman–Crippen MR) is 136 cm³/mol. The van der Waals surface area contributed by atoms with E-state index in [-0.39, 0.29) is 10.8 Å². The highest BCUT2D eigenvalue weighted by Gasteiger charge is 2.22. The smallest absolute Gasteiger partial charge is 0.0520 e. The molecule has 0 saturated heterocycles. The maximum Gasteiger partial charge on any atom is 0.0520 e. The normalized spacial score (nSPS) is 12.2. The molecule has 0 N–H and O–H groups in total. The summed E-state index contributed by atoms with van der Waals surface area (Å²) in [5, 5.41) is 0. The van der Waals surface area contributed by atoms with Gasteiger partial charge in [-0.05, 0) is 77.3 Å². The molecule has 0 spiro atoms. The average molecular weight is 464 g/mol. The van der Waals surface area contributed by atoms with Crippen molar-refractivity contribution in [1.29, 1.82) is 0 Å². The maximum absolute atomic E-state index is 3.66. The van der Waals surface area contributed by atoms with E-state index in [4.69, 9.17) is 0 Å². The van der Waals surface area contributed by atoms with Gasteiger partial charge in [-0.15, -0.1) is 0 Å². The molecule has 3 aromatic rings. The van der Waals surface area contributed by atoms with E-state index < -0.39 is 0 Å². The molecule has 3 aromatic carbocycles. The Morgan fingerprint density at radius 2 is 1.17 bits per heavy atom. The van der Waals surface area contributed by atoms with Crippen LogP contribution in [-0.2, 0) is 10.8 Å². The van der Waals surface area contributed by atoms with Crippen LogP contribution in [0.25, 0.3) is 0 Å². The van der Waals surface area contributed by atoms with Crippen molar-refractivity contribution in [2.75, 3.05) is 4.90 Å². The van der Waals surface area contributed by atoms with Gasteiger partial charge in [0.2, 0.25) is 0 Å². The van der Waals surface area contributed by atoms with Gasteiger partial charge in [0, 0.05) is 15.8 Å². The van der Waals surface area contributed by atoms with Crippen LogP contribution in [0.2, 0.25) is 0 Å². The number of nitrogens with zero attached hydrogens (tertiary/aromatic N) is 1. The summed E-state index contributed by atoms with van der Waals surface area (Å²) in [7, 11) is 0. The number of rotatable bonds is 3. The van der Waals surface area contributed by atoms with Crippen LogP contribution in [0.5, 0.6) is 0 Å². The van der Waals surface area contributed by atoms with Gasteiger partial charge in [-0.3, -0.25) is 0 Å². The predicted octanol–water partition coefficient (Wildman–Crippen LogP) is 9.13. The van der Waals surface area contributed by atoms with Gasteiger partial charge < -0.3 is 4.90 Å². The van der Waals surface area contributed by atoms with Crippen molar-refractivity contribution in [3.05, 3.63) is 87.4 Å². The van der Waals surface area contributed by atoms with Gasteiger partial charge in [-0.2, -0.15) is 0 Å². The molecule has 3 rings (SSSR count). The van der Waals surface area contributed by atoms with Crippen LogP contribution >= 0.6 is 15.9 Å². The molecule has 2 heteroatoms. The molecule has 30 heavy (non-hydrogen) atoms. The Morgan fingerprint density at radius 3 is 1.63 bits per heavy atom. The van der Waals surface area contributed by atoms with Crippen LogP contribution in [0.15, 0.2) is 65.1 Å². The molecule has 0 unspecified atom stereocenters. The minimum atomic E-state index is 0.128. The second-order valence-electron chi connectivity index (χ2n) is 10.3. The highest BCUT2D eigenvalue weighted by molar-refractivity contribution is 9.10. The quantitative estimate of drug-likeness (QED) is 0.374. The molecule has 0 aliphatic carbocycles. The summed E-state index contributed by atoms with van der Waals surface area (Å²) >= 11 is 3.66. The second kappa shape index (κ2) is 8.23. The van der Waals surface area contributed by atoms with E-state index in [2.05, 4.69) is 137 Å². The first-order chi connectivity index (χ1) is 13.9. The van der Waals surface area contributed by atoms with Gasteiger partial charge in [0.05, 0.1) is 5.69 Å². The highest BCUT2D eigenvalue weighted by atomic mass is 79.9. The third kappa shape index (κ3) is 4.81. The molecule has 0 fully saturated rings. The Labute approximate surface area is 191 Å². The number of aryl methyl sites for hydroxylation is 2. The third-order valence-electron chi connectivity index (χ3n) is 5.64. The van der Waals surface area contributed by atoms with Gasteiger partial charge >= 0.3 is 0 Å². The van der Waals surface area contributed by atoms with Gasteiger partial charge in [-0.1, -0.05) is 87.8 Å². The minimum Gasteiger partial charge on any atom is -0.310 e. The number of hydrogen-bond acceptors (Lipinski definition) is 1. The van der Waals surface area contributed by atoms with E-state index in [0.29, 0.717) is 0 Å². The van der Waals surface area contributed by atoms with Gasteiger partial charge in [-0.25, -0.2) is 0 Å². The topological polar surface area (TPSA) is 3.24 Å². The van der Waals surface area contributed by atoms with Crippen LogP contribution in [0.3, 0.4) is 0 Å². The first-order valence-corrected chi connectivity index (χ1v) is 11.5. The SMILES string of the molecule is Cc1cc(C(C)(C)C)cc(C)c1N(c1ccc(C(C)(C)C)cc1)c1cccc(Br)c1. The van der Waals surface area contributed by atoms with Crippen molar-refractivity contribution in [3.8, 4) is 0 Å². The lowest BCUT2D eigenvalue weighted by Gasteiger charge is -2.31. The summed E-state index contributed by atoms with van der Waals surface area (Å²) in [6.07, 6.45) is 0. The standard InChI is InChI=1S/C28H34BrN/c1-19-16-22(28(6,7)8)17-20(2)26(19)30(25-11-9-10-23(29)18-25)24-14-12-21(13-15-24)27(3,4)5/h9-18H,1-8H3. The molecular formula is C28H34BrN. The monoisotopic (exact) mass is 463 g/mol. The molecule has 0 amide bonds. The van der Waals surface area contributed by atoms with E-state index in [9.17, 15) is 0 Å². The average Bonchev–Trinajstić information content (AvgIpc) is 2.63. The first kappa shape index (κ1) is 22.6. The summed E-state index contributed by atoms with van der Waals surface area (Å²) < 4.78 is 1.08. The van der Waals surface area contributed by atoms with Crippen molar-refractivity contribution in [2.45, 2.75) is 66.2 Å². The zero-order chi connectivity index (χ0) is 22.3. The summed E-state index contributed by atoms with van der Waals surface area (Å²) in [6, 6.07) is 22.2. The Morgan fingerprint density at radius 1 is 0.633 bits per heavy atom. The van der Waals surface area contributed by atoms with Gasteiger partial charge in [0.25, 0.3) is 0 Å². The molecule has 0 radical (unpaired) electrons. The summed E-state index contributed by atoms with van der Waals surface area (Å²) in [6.45, 7) is 18.1. The molecule has 0 heterocycles. The third-order valence-corrected chi connectivity index (χ3v) is 6.13. The lowest BCUT2D eigenvalue weighted by atomic mass is 9.84. The van der Waals surface area contributed by atoms with Crippen molar-refractivity contribution >= 4 is 33.0 Å². The van der Waals surface area contributed by atoms with Crippen molar-refractivity contribution in [2.24, 2.45) is 0 Å². The zero-order valence-electron chi connectivity index (χ0n) is 19.6. The Balaban J connectivity index is 2.22. The molecule has 0 saturated carbocycles. The lowest BCUT2D eigenvalue weighted by molar-refractivity contribution is 0.589. The number of halogens is 1. The molecular weight excluding hydrogens is 430 g/mol. The molecule has 0 atom stereocenters. The fourth-order valence-corrected chi connectivity index (χ4v) is 4.26. The number of hydrogen-bond donors (Lipinski definition) is 0. The van der Waals surface area contributed by atoms with E-state index in [1.54, 1.807) is 0 Å². The second-order valence-corrected chi connectivity index (χ2v) is 11.2. The summed E-state index contributed by atoms with van der Waals surface area (Å²) in [4.78, 5) is 2.38. The molecule has 0 bridgehead atoms. The van der Waals surface area contributed by atoms with E-state index in [1.165, 1.54) is 33.6 Å². The van der Waals surface area contributed by atoms with Crippen LogP contribution in [0.4, 0.5) is 17.1 Å². The largest absolute Gasteiger partial charge is 0.310 e. The minimum absolute atomic E-state index is 0.128. The van der Waals surface area contributed by atoms with E-state index in [0.717, 1.165) is 10.2 Å². The van der Waals surface area contributed by atoms with E-state index in [1.807, 2.05) is 0 Å². The summed E-state index contributed by atoms with van der Waals surface area (Å²) in [5.74, 6) is 0. The number of anilines is 3. The summed E-state index contributed by atoms with van der Waals surface area (Å²) in [5.41, 5.74) is 9.15. The molecule has 158 valence electrons. The highest BCUT2D eigenvalue weighted by Crippen LogP contribution is 2.41. The van der Waals surface area contributed by atoms with E-state index >= 15 is 0 Å². The zero-order valence-corrected chi connectivity index (χ0v) is 21.2. The Bertz CT molecular complexity index is 1010. The first-order valence-electron chi connectivity index (χ1n) is 10.7. The Kier molecular flexibility index (Phi) is 6.20. The van der Waals surface area contributed by atoms with Crippen molar-refractivity contribution < 1.29 is 0 Å². The fourth-order valence-electron chi connectivity index (χ4n) is 3.87. The van der Waals surface area contributed by atoms with Gasteiger partial charge in [0.1, 0.15) is 0 Å².